The Hall–Kier alpha value is -0.800. The third-order valence-corrected chi connectivity index (χ3v) is 0. The van der Waals surface area contributed by atoms with Gasteiger partial charge in [-0.2, -0.15) is 0 Å². The monoisotopic (exact) mass is 297 g/mol. The van der Waals surface area contributed by atoms with Crippen LogP contribution in [0.4, 0.5) is 0 Å². The van der Waals surface area contributed by atoms with Crippen molar-refractivity contribution in [1.29, 1.82) is 31.6 Å². The molecule has 0 saturated carbocycles. The van der Waals surface area contributed by atoms with Gasteiger partial charge in [0.15, 0.2) is 0 Å². The molecule has 63 valence electrons. The van der Waals surface area contributed by atoms with Crippen molar-refractivity contribution in [3.63, 3.8) is 0 Å². The normalized spacial score (nSPS) is 0.857. The number of nitrogens with zero attached hydrogens (tertiary/aromatic N) is 6. The van der Waals surface area contributed by atoms with Crippen molar-refractivity contribution < 1.29 is 19.5 Å². The zero-order valence-electron chi connectivity index (χ0n) is 7.04. The largest absolute Gasteiger partial charge is 6.00 e. The molecule has 0 heterocycles. The predicted molar refractivity (Wildman–Crippen MR) is 35.6 cm³/mol. The molecule has 0 atom stereocenters. The van der Waals surface area contributed by atoms with E-state index in [0.717, 1.165) is 0 Å². The molecule has 0 aromatic rings. The van der Waals surface area contributed by atoms with Crippen molar-refractivity contribution >= 4 is 51.4 Å². The minimum Gasteiger partial charge on any atom is -0.512 e. The molecular weight excluding hydrogens is 296 g/mol. The summed E-state index contributed by atoms with van der Waals surface area (Å²) in [6.07, 6.45) is 0. The Bertz CT molecular complexity index is 97.3. The zero-order valence-corrected chi connectivity index (χ0v) is 11.9. The van der Waals surface area contributed by atoms with Crippen molar-refractivity contribution in [2.75, 3.05) is 0 Å². The fraction of sp³-hybridized carbons (Fsp3) is 0. The first-order valence-corrected chi connectivity index (χ1v) is 1.34. The third kappa shape index (κ3) is 1820. The van der Waals surface area contributed by atoms with E-state index in [4.69, 9.17) is 71.0 Å². The number of hydrogen-bond donors (Lipinski definition) is 0. The van der Waals surface area contributed by atoms with Gasteiger partial charge in [0.2, 0.25) is 0 Å². The van der Waals surface area contributed by atoms with Crippen LogP contribution in [-0.4, -0.2) is 51.4 Å². The molecule has 0 unspecified atom stereocenters. The molecular formula is C6KN6Ru. The summed E-state index contributed by atoms with van der Waals surface area (Å²) in [6.45, 7) is 28.5. The molecule has 14 heavy (non-hydrogen) atoms. The quantitative estimate of drug-likeness (QED) is 0.461. The molecule has 0 N–H and O–H groups in total. The third-order valence-electron chi connectivity index (χ3n) is 0. The second kappa shape index (κ2) is 2390. The molecule has 0 fully saturated rings. The van der Waals surface area contributed by atoms with Crippen molar-refractivity contribution in [2.45, 2.75) is 0 Å². The van der Waals surface area contributed by atoms with E-state index in [9.17, 15) is 0 Å². The first-order chi connectivity index (χ1) is 6.00. The summed E-state index contributed by atoms with van der Waals surface area (Å²) in [5, 5.41) is 37.5. The van der Waals surface area contributed by atoms with Gasteiger partial charge in [0.25, 0.3) is 0 Å². The second-order valence-electron chi connectivity index (χ2n) is 0. The van der Waals surface area contributed by atoms with Gasteiger partial charge in [0.1, 0.15) is 0 Å². The van der Waals surface area contributed by atoms with Gasteiger partial charge in [0.05, 0.1) is 0 Å². The molecule has 0 saturated heterocycles. The molecule has 0 amide bonds. The van der Waals surface area contributed by atoms with Crippen LogP contribution in [-0.2, 0) is 19.5 Å². The van der Waals surface area contributed by atoms with Crippen LogP contribution in [0.2, 0.25) is 0 Å². The minimum absolute atomic E-state index is 0. The Balaban J connectivity index is -0.00000000500. The van der Waals surface area contributed by atoms with Crippen molar-refractivity contribution in [3.05, 3.63) is 39.4 Å². The first kappa shape index (κ1) is 72.7. The molecule has 6 nitrogen and oxygen atoms in total. The summed E-state index contributed by atoms with van der Waals surface area (Å²) < 4.78 is 0. The van der Waals surface area contributed by atoms with Gasteiger partial charge >= 0.3 is 19.5 Å². The molecule has 0 aromatic heterocycles. The average Bonchev–Trinajstić information content (AvgIpc) is 2.33. The molecule has 0 aromatic carbocycles. The molecule has 0 spiro atoms. The topological polar surface area (TPSA) is 143 Å². The first-order valence-electron chi connectivity index (χ1n) is 1.34. The Morgan fingerprint density at radius 3 is 0.357 bits per heavy atom. The predicted octanol–water partition coefficient (Wildman–Crippen LogP) is 0.195. The van der Waals surface area contributed by atoms with E-state index in [0.29, 0.717) is 0 Å². The van der Waals surface area contributed by atoms with Crippen LogP contribution in [0.1, 0.15) is 0 Å². The standard InChI is InChI=1S/6CN.K.Ru/c6*1-2;;/q6*-1;;+6. The van der Waals surface area contributed by atoms with E-state index in [1.807, 2.05) is 0 Å². The van der Waals surface area contributed by atoms with Crippen LogP contribution in [0.5, 0.6) is 0 Å². The van der Waals surface area contributed by atoms with Gasteiger partial charge in [-0.1, -0.05) is 0 Å². The van der Waals surface area contributed by atoms with Gasteiger partial charge in [-0.3, -0.25) is 0 Å². The zero-order chi connectivity index (χ0) is 12.0. The summed E-state index contributed by atoms with van der Waals surface area (Å²) in [6, 6.07) is 0. The van der Waals surface area contributed by atoms with Gasteiger partial charge < -0.3 is 71.0 Å². The van der Waals surface area contributed by atoms with E-state index in [-0.39, 0.29) is 70.9 Å². The summed E-state index contributed by atoms with van der Waals surface area (Å²) in [4.78, 5) is 0. The van der Waals surface area contributed by atoms with Crippen molar-refractivity contribution in [3.8, 4) is 0 Å². The minimum atomic E-state index is 0. The van der Waals surface area contributed by atoms with Crippen LogP contribution in [0.25, 0.3) is 0 Å². The molecule has 0 bridgehead atoms. The SMILES string of the molecule is [C-]#N.[C-]#N.[C-]#N.[C-]#N.[C-]#N.[C-]#N.[K].[Ru+6]. The van der Waals surface area contributed by atoms with Gasteiger partial charge in [-0.05, 0) is 0 Å². The van der Waals surface area contributed by atoms with E-state index in [1.165, 1.54) is 0 Å². The Morgan fingerprint density at radius 2 is 0.357 bits per heavy atom. The number of rotatable bonds is 0. The molecule has 1 radical (unpaired) electrons. The Labute approximate surface area is 140 Å². The maximum Gasteiger partial charge on any atom is 6.00 e. The fourth-order valence-corrected chi connectivity index (χ4v) is 0. The fourth-order valence-electron chi connectivity index (χ4n) is 0. The summed E-state index contributed by atoms with van der Waals surface area (Å²) in [5.74, 6) is 0. The van der Waals surface area contributed by atoms with E-state index >= 15 is 0 Å². The molecule has 0 rings (SSSR count). The molecule has 8 heteroatoms. The molecule has 0 aliphatic heterocycles. The van der Waals surface area contributed by atoms with Gasteiger partial charge in [-0.15, -0.1) is 0 Å². The summed E-state index contributed by atoms with van der Waals surface area (Å²) in [5.41, 5.74) is 0. The summed E-state index contributed by atoms with van der Waals surface area (Å²) >= 11 is 0. The summed E-state index contributed by atoms with van der Waals surface area (Å²) in [7, 11) is 0. The van der Waals surface area contributed by atoms with Gasteiger partial charge in [0, 0.05) is 51.4 Å². The van der Waals surface area contributed by atoms with Crippen LogP contribution in [0.15, 0.2) is 0 Å². The number of hydrogen-bond acceptors (Lipinski definition) is 6. The van der Waals surface area contributed by atoms with Crippen LogP contribution in [0.3, 0.4) is 0 Å². The van der Waals surface area contributed by atoms with Crippen molar-refractivity contribution in [1.82, 2.24) is 0 Å². The molecule has 0 aliphatic rings. The van der Waals surface area contributed by atoms with Crippen LogP contribution < -0.4 is 0 Å². The maximum absolute atomic E-state index is 6.25. The van der Waals surface area contributed by atoms with Crippen molar-refractivity contribution in [2.24, 2.45) is 0 Å². The second-order valence-corrected chi connectivity index (χ2v) is 0. The van der Waals surface area contributed by atoms with Crippen LogP contribution >= 0.6 is 0 Å². The van der Waals surface area contributed by atoms with E-state index in [1.54, 1.807) is 0 Å². The van der Waals surface area contributed by atoms with Crippen LogP contribution in [0, 0.1) is 71.0 Å². The Kier molecular flexibility index (Phi) is 12400. The van der Waals surface area contributed by atoms with E-state index < -0.39 is 0 Å². The Morgan fingerprint density at radius 1 is 0.357 bits per heavy atom. The average molecular weight is 296 g/mol. The maximum atomic E-state index is 6.25. The molecule has 0 aliphatic carbocycles. The smallest absolute Gasteiger partial charge is 0.512 e. The van der Waals surface area contributed by atoms with Gasteiger partial charge in [-0.25, -0.2) is 0 Å². The van der Waals surface area contributed by atoms with E-state index in [2.05, 4.69) is 0 Å².